The average Bonchev–Trinajstić information content (AvgIpc) is 2.78. The number of aryl methyl sites for hydroxylation is 1. The fourth-order valence-corrected chi connectivity index (χ4v) is 5.50. The summed E-state index contributed by atoms with van der Waals surface area (Å²) in [6.45, 7) is 7.76. The largest absolute Gasteiger partial charge is 0.377 e. The van der Waals surface area contributed by atoms with Gasteiger partial charge in [0.05, 0.1) is 6.61 Å². The van der Waals surface area contributed by atoms with Gasteiger partial charge >= 0.3 is 0 Å². The lowest BCUT2D eigenvalue weighted by atomic mass is 9.75. The van der Waals surface area contributed by atoms with Gasteiger partial charge in [0.15, 0.2) is 0 Å². The third-order valence-corrected chi connectivity index (χ3v) is 7.66. The van der Waals surface area contributed by atoms with E-state index in [9.17, 15) is 0 Å². The maximum Gasteiger partial charge on any atom is 0.0716 e. The van der Waals surface area contributed by atoms with E-state index in [0.717, 1.165) is 43.3 Å². The maximum absolute atomic E-state index is 5.64. The van der Waals surface area contributed by atoms with Crippen molar-refractivity contribution in [3.8, 4) is 0 Å². The van der Waals surface area contributed by atoms with Gasteiger partial charge in [-0.15, -0.1) is 6.58 Å². The topological polar surface area (TPSA) is 9.23 Å². The molecule has 29 heavy (non-hydrogen) atoms. The van der Waals surface area contributed by atoms with E-state index in [2.05, 4.69) is 43.8 Å². The number of benzene rings is 1. The summed E-state index contributed by atoms with van der Waals surface area (Å²) in [5.41, 5.74) is 2.81. The highest BCUT2D eigenvalue weighted by Gasteiger charge is 2.24. The van der Waals surface area contributed by atoms with Crippen molar-refractivity contribution in [2.24, 2.45) is 23.7 Å². The summed E-state index contributed by atoms with van der Waals surface area (Å²) in [4.78, 5) is 0. The molecule has 0 aliphatic heterocycles. The zero-order valence-corrected chi connectivity index (χ0v) is 18.9. The second-order valence-corrected chi connectivity index (χ2v) is 9.89. The normalized spacial score (nSPS) is 27.6. The third-order valence-electron chi connectivity index (χ3n) is 7.66. The van der Waals surface area contributed by atoms with Crippen LogP contribution in [0.3, 0.4) is 0 Å². The fourth-order valence-electron chi connectivity index (χ4n) is 5.50. The molecule has 0 amide bonds. The molecule has 0 spiro atoms. The number of allylic oxidation sites excluding steroid dienone is 1. The first-order valence-corrected chi connectivity index (χ1v) is 12.5. The van der Waals surface area contributed by atoms with Crippen LogP contribution in [-0.2, 0) is 17.8 Å². The molecular weight excluding hydrogens is 352 g/mol. The smallest absolute Gasteiger partial charge is 0.0716 e. The van der Waals surface area contributed by atoms with Crippen LogP contribution < -0.4 is 0 Å². The van der Waals surface area contributed by atoms with E-state index in [1.165, 1.54) is 88.2 Å². The highest BCUT2D eigenvalue weighted by atomic mass is 16.5. The molecule has 1 heteroatoms. The second-order valence-electron chi connectivity index (χ2n) is 9.89. The van der Waals surface area contributed by atoms with Gasteiger partial charge in [-0.25, -0.2) is 0 Å². The molecule has 162 valence electrons. The summed E-state index contributed by atoms with van der Waals surface area (Å²) < 4.78 is 5.64. The quantitative estimate of drug-likeness (QED) is 0.271. The lowest BCUT2D eigenvalue weighted by Gasteiger charge is -2.31. The predicted octanol–water partition coefficient (Wildman–Crippen LogP) is 8.12. The van der Waals surface area contributed by atoms with Crippen molar-refractivity contribution in [2.45, 2.75) is 97.0 Å². The monoisotopic (exact) mass is 396 g/mol. The number of hydrogen-bond acceptors (Lipinski definition) is 1. The minimum Gasteiger partial charge on any atom is -0.377 e. The molecule has 1 nitrogen and oxygen atoms in total. The minimum absolute atomic E-state index is 0.758. The van der Waals surface area contributed by atoms with Gasteiger partial charge in [0, 0.05) is 6.61 Å². The Morgan fingerprint density at radius 1 is 0.793 bits per heavy atom. The first-order chi connectivity index (χ1) is 14.3. The molecule has 2 fully saturated rings. The van der Waals surface area contributed by atoms with Crippen LogP contribution in [0.25, 0.3) is 0 Å². The second kappa shape index (κ2) is 12.6. The van der Waals surface area contributed by atoms with Crippen molar-refractivity contribution in [2.75, 3.05) is 6.61 Å². The zero-order chi connectivity index (χ0) is 20.3. The van der Waals surface area contributed by atoms with Crippen molar-refractivity contribution in [3.63, 3.8) is 0 Å². The van der Waals surface area contributed by atoms with E-state index in [-0.39, 0.29) is 0 Å². The highest BCUT2D eigenvalue weighted by Crippen LogP contribution is 2.37. The van der Waals surface area contributed by atoms with Gasteiger partial charge in [-0.3, -0.25) is 0 Å². The average molecular weight is 397 g/mol. The first kappa shape index (κ1) is 22.6. The summed E-state index contributed by atoms with van der Waals surface area (Å²) in [5, 5.41) is 0. The van der Waals surface area contributed by atoms with Crippen molar-refractivity contribution in [1.82, 2.24) is 0 Å². The molecule has 0 heterocycles. The Labute approximate surface area is 180 Å². The lowest BCUT2D eigenvalue weighted by Crippen LogP contribution is -2.18. The Balaban J connectivity index is 1.27. The molecule has 1 aromatic carbocycles. The predicted molar refractivity (Wildman–Crippen MR) is 125 cm³/mol. The molecule has 0 aromatic heterocycles. The van der Waals surface area contributed by atoms with Crippen molar-refractivity contribution < 1.29 is 4.74 Å². The molecule has 0 N–H and O–H groups in total. The van der Waals surface area contributed by atoms with Gasteiger partial charge in [-0.2, -0.15) is 0 Å². The van der Waals surface area contributed by atoms with Gasteiger partial charge in [0.1, 0.15) is 0 Å². The molecule has 0 bridgehead atoms. The maximum atomic E-state index is 5.64. The SMILES string of the molecule is C=C[C@H]1CC[C@H](CCC2CCC(CCc3ccc(COCCC)cc3)CC2)CC1. The minimum atomic E-state index is 0.758. The first-order valence-electron chi connectivity index (χ1n) is 12.5. The summed E-state index contributed by atoms with van der Waals surface area (Å²) >= 11 is 0. The van der Waals surface area contributed by atoms with Crippen LogP contribution in [0.4, 0.5) is 0 Å². The van der Waals surface area contributed by atoms with E-state index >= 15 is 0 Å². The molecule has 0 unspecified atom stereocenters. The molecule has 0 saturated heterocycles. The zero-order valence-electron chi connectivity index (χ0n) is 18.9. The van der Waals surface area contributed by atoms with Crippen LogP contribution in [0.2, 0.25) is 0 Å². The van der Waals surface area contributed by atoms with E-state index in [4.69, 9.17) is 4.74 Å². The molecule has 2 saturated carbocycles. The number of hydrogen-bond donors (Lipinski definition) is 0. The Kier molecular flexibility index (Phi) is 9.80. The van der Waals surface area contributed by atoms with Crippen LogP contribution in [0.5, 0.6) is 0 Å². The van der Waals surface area contributed by atoms with Crippen LogP contribution in [0.15, 0.2) is 36.9 Å². The Morgan fingerprint density at radius 3 is 1.86 bits per heavy atom. The van der Waals surface area contributed by atoms with Crippen LogP contribution >= 0.6 is 0 Å². The van der Waals surface area contributed by atoms with Crippen LogP contribution in [0, 0.1) is 23.7 Å². The standard InChI is InChI=1S/C28H44O/c1-3-21-29-22-28-19-17-27(18-20-28)16-15-26-13-11-25(12-14-26)10-9-24-7-5-23(4-2)6-8-24/h4,17-20,23-26H,2-3,5-16,21-22H2,1H3/t23-,24-,25?,26?. The molecule has 0 radical (unpaired) electrons. The molecule has 3 rings (SSSR count). The highest BCUT2D eigenvalue weighted by molar-refractivity contribution is 5.22. The van der Waals surface area contributed by atoms with Gasteiger partial charge < -0.3 is 4.74 Å². The summed E-state index contributed by atoms with van der Waals surface area (Å²) in [6.07, 6.45) is 20.5. The molecular formula is C28H44O. The van der Waals surface area contributed by atoms with E-state index in [1.54, 1.807) is 0 Å². The van der Waals surface area contributed by atoms with Gasteiger partial charge in [-0.1, -0.05) is 75.8 Å². The van der Waals surface area contributed by atoms with Gasteiger partial charge in [0.25, 0.3) is 0 Å². The molecule has 2 aliphatic rings. The fraction of sp³-hybridized carbons (Fsp3) is 0.714. The van der Waals surface area contributed by atoms with Crippen LogP contribution in [0.1, 0.15) is 95.1 Å². The van der Waals surface area contributed by atoms with Crippen molar-refractivity contribution >= 4 is 0 Å². The van der Waals surface area contributed by atoms with Crippen molar-refractivity contribution in [3.05, 3.63) is 48.0 Å². The molecule has 1 aromatic rings. The molecule has 0 atom stereocenters. The van der Waals surface area contributed by atoms with Crippen LogP contribution in [-0.4, -0.2) is 6.61 Å². The summed E-state index contributed by atoms with van der Waals surface area (Å²) in [6, 6.07) is 9.14. The summed E-state index contributed by atoms with van der Waals surface area (Å²) in [7, 11) is 0. The summed E-state index contributed by atoms with van der Waals surface area (Å²) in [5.74, 6) is 3.80. The number of ether oxygens (including phenoxy) is 1. The van der Waals surface area contributed by atoms with E-state index < -0.39 is 0 Å². The number of rotatable bonds is 11. The Hall–Kier alpha value is -1.08. The molecule has 2 aliphatic carbocycles. The third kappa shape index (κ3) is 7.93. The van der Waals surface area contributed by atoms with Crippen molar-refractivity contribution in [1.29, 1.82) is 0 Å². The lowest BCUT2D eigenvalue weighted by molar-refractivity contribution is 0.121. The Morgan fingerprint density at radius 2 is 1.31 bits per heavy atom. The van der Waals surface area contributed by atoms with E-state index in [1.807, 2.05) is 0 Å². The van der Waals surface area contributed by atoms with Gasteiger partial charge in [0.2, 0.25) is 0 Å². The Bertz CT molecular complexity index is 558. The van der Waals surface area contributed by atoms with Gasteiger partial charge in [-0.05, 0) is 79.7 Å². The van der Waals surface area contributed by atoms with E-state index in [0.29, 0.717) is 0 Å².